The molecule has 2 aromatic carbocycles. The number of anilines is 2. The second-order valence-corrected chi connectivity index (χ2v) is 6.99. The lowest BCUT2D eigenvalue weighted by molar-refractivity contribution is -0.135. The number of methoxy groups -OCH3 is 1. The summed E-state index contributed by atoms with van der Waals surface area (Å²) in [6, 6.07) is 11.6. The first-order valence-electron chi connectivity index (χ1n) is 8.22. The summed E-state index contributed by atoms with van der Waals surface area (Å²) in [5.41, 5.74) is 0.734. The van der Waals surface area contributed by atoms with Gasteiger partial charge in [-0.2, -0.15) is 0 Å². The van der Waals surface area contributed by atoms with Gasteiger partial charge in [0.15, 0.2) is 0 Å². The molecule has 0 aliphatic carbocycles. The van der Waals surface area contributed by atoms with Gasteiger partial charge in [-0.3, -0.25) is 9.59 Å². The summed E-state index contributed by atoms with van der Waals surface area (Å²) < 4.78 is 4.66. The maximum Gasteiger partial charge on any atom is 0.337 e. The molecule has 0 unspecified atom stereocenters. The molecule has 0 heterocycles. The largest absolute Gasteiger partial charge is 0.465 e. The highest BCUT2D eigenvalue weighted by atomic mass is 35.5. The molecule has 0 radical (unpaired) electrons. The fourth-order valence-electron chi connectivity index (χ4n) is 2.17. The number of carbonyl (C=O) groups excluding carboxylic acids is 3. The summed E-state index contributed by atoms with van der Waals surface area (Å²) in [4.78, 5) is 36.9. The fourth-order valence-corrected chi connectivity index (χ4v) is 2.34. The summed E-state index contributed by atoms with van der Waals surface area (Å²) in [6.45, 7) is 4.95. The zero-order chi connectivity index (χ0) is 20.2. The Morgan fingerprint density at radius 3 is 2.15 bits per heavy atom. The number of hydrogen-bond donors (Lipinski definition) is 2. The van der Waals surface area contributed by atoms with Gasteiger partial charge < -0.3 is 15.4 Å². The van der Waals surface area contributed by atoms with Crippen LogP contribution in [0.5, 0.6) is 0 Å². The Bertz CT molecular complexity index is 876. The van der Waals surface area contributed by atoms with Gasteiger partial charge in [-0.1, -0.05) is 29.3 Å². The quantitative estimate of drug-likeness (QED) is 0.598. The van der Waals surface area contributed by atoms with Crippen molar-refractivity contribution in [3.05, 3.63) is 58.6 Å². The number of amides is 2. The van der Waals surface area contributed by atoms with Crippen LogP contribution in [0.1, 0.15) is 29.8 Å². The van der Waals surface area contributed by atoms with Crippen LogP contribution in [0.3, 0.4) is 0 Å². The molecule has 0 saturated carbocycles. The van der Waals surface area contributed by atoms with Gasteiger partial charge >= 0.3 is 5.97 Å². The fraction of sp³-hybridized carbons (Fsp3) is 0.250. The van der Waals surface area contributed by atoms with Crippen molar-refractivity contribution in [2.75, 3.05) is 17.7 Å². The molecule has 2 N–H and O–H groups in total. The van der Waals surface area contributed by atoms with Crippen LogP contribution in [0, 0.1) is 12.3 Å². The maximum atomic E-state index is 12.7. The third-order valence-corrected chi connectivity index (χ3v) is 4.41. The Morgan fingerprint density at radius 1 is 0.963 bits per heavy atom. The summed E-state index contributed by atoms with van der Waals surface area (Å²) in [5, 5.41) is 5.57. The normalized spacial score (nSPS) is 10.9. The first-order chi connectivity index (χ1) is 12.6. The molecule has 142 valence electrons. The smallest absolute Gasteiger partial charge is 0.337 e. The van der Waals surface area contributed by atoms with Gasteiger partial charge in [0.2, 0.25) is 11.8 Å². The second-order valence-electron chi connectivity index (χ2n) is 6.59. The Morgan fingerprint density at radius 2 is 1.56 bits per heavy atom. The van der Waals surface area contributed by atoms with E-state index in [-0.39, 0.29) is 16.3 Å². The number of benzene rings is 2. The first kappa shape index (κ1) is 20.5. The monoisotopic (exact) mass is 388 g/mol. The third kappa shape index (κ3) is 4.86. The average molecular weight is 389 g/mol. The van der Waals surface area contributed by atoms with Crippen LogP contribution < -0.4 is 10.6 Å². The van der Waals surface area contributed by atoms with Crippen molar-refractivity contribution < 1.29 is 19.1 Å². The molecule has 6 nitrogen and oxygen atoms in total. The number of halogens is 1. The van der Waals surface area contributed by atoms with Crippen LogP contribution in [-0.2, 0) is 14.3 Å². The predicted molar refractivity (Wildman–Crippen MR) is 105 cm³/mol. The summed E-state index contributed by atoms with van der Waals surface area (Å²) in [5.74, 6) is -1.58. The van der Waals surface area contributed by atoms with Crippen LogP contribution in [0.4, 0.5) is 11.4 Å². The van der Waals surface area contributed by atoms with Crippen molar-refractivity contribution in [3.8, 4) is 0 Å². The molecule has 0 bridgehead atoms. The SMILES string of the molecule is COC(=O)c1ccc(Cl)c(NC(=O)C(C)(C)C(=O)Nc2ccc(C)cc2)c1. The lowest BCUT2D eigenvalue weighted by atomic mass is 9.90. The molecular weight excluding hydrogens is 368 g/mol. The van der Waals surface area contributed by atoms with Gasteiger partial charge in [0.25, 0.3) is 0 Å². The zero-order valence-electron chi connectivity index (χ0n) is 15.6. The number of carbonyl (C=O) groups is 3. The summed E-state index contributed by atoms with van der Waals surface area (Å²) in [6.07, 6.45) is 0. The molecule has 0 spiro atoms. The van der Waals surface area contributed by atoms with Crippen LogP contribution in [0.15, 0.2) is 42.5 Å². The van der Waals surface area contributed by atoms with Crippen LogP contribution >= 0.6 is 11.6 Å². The molecule has 0 aliphatic heterocycles. The number of rotatable bonds is 5. The van der Waals surface area contributed by atoms with E-state index >= 15 is 0 Å². The third-order valence-electron chi connectivity index (χ3n) is 4.08. The van der Waals surface area contributed by atoms with Gasteiger partial charge in [0.05, 0.1) is 23.4 Å². The van der Waals surface area contributed by atoms with E-state index in [9.17, 15) is 14.4 Å². The summed E-state index contributed by atoms with van der Waals surface area (Å²) >= 11 is 6.10. The van der Waals surface area contributed by atoms with Gasteiger partial charge in [0, 0.05) is 5.69 Å². The van der Waals surface area contributed by atoms with Gasteiger partial charge in [-0.05, 0) is 51.1 Å². The van der Waals surface area contributed by atoms with E-state index in [1.807, 2.05) is 19.1 Å². The minimum Gasteiger partial charge on any atom is -0.465 e. The van der Waals surface area contributed by atoms with Crippen molar-refractivity contribution in [2.45, 2.75) is 20.8 Å². The number of hydrogen-bond acceptors (Lipinski definition) is 4. The minimum atomic E-state index is -1.38. The number of ether oxygens (including phenoxy) is 1. The highest BCUT2D eigenvalue weighted by Gasteiger charge is 2.36. The second kappa shape index (κ2) is 8.22. The molecular formula is C20H21ClN2O4. The highest BCUT2D eigenvalue weighted by molar-refractivity contribution is 6.34. The molecule has 27 heavy (non-hydrogen) atoms. The van der Waals surface area contributed by atoms with Crippen LogP contribution in [0.25, 0.3) is 0 Å². The van der Waals surface area contributed by atoms with Crippen molar-refractivity contribution in [3.63, 3.8) is 0 Å². The topological polar surface area (TPSA) is 84.5 Å². The van der Waals surface area contributed by atoms with Crippen molar-refractivity contribution in [1.29, 1.82) is 0 Å². The average Bonchev–Trinajstić information content (AvgIpc) is 2.64. The van der Waals surface area contributed by atoms with Crippen molar-refractivity contribution in [1.82, 2.24) is 0 Å². The molecule has 0 atom stereocenters. The molecule has 0 aliphatic rings. The van der Waals surface area contributed by atoms with E-state index < -0.39 is 23.2 Å². The maximum absolute atomic E-state index is 12.7. The molecule has 0 fully saturated rings. The Balaban J connectivity index is 2.16. The molecule has 2 rings (SSSR count). The van der Waals surface area contributed by atoms with Crippen LogP contribution in [-0.4, -0.2) is 24.9 Å². The standard InChI is InChI=1S/C20H21ClN2O4/c1-12-5-8-14(9-6-12)22-18(25)20(2,3)19(26)23-16-11-13(17(24)27-4)7-10-15(16)21/h5-11H,1-4H3,(H,22,25)(H,23,26). The Hall–Kier alpha value is -2.86. The number of esters is 1. The summed E-state index contributed by atoms with van der Waals surface area (Å²) in [7, 11) is 1.26. The molecule has 0 saturated heterocycles. The van der Waals surface area contributed by atoms with Crippen molar-refractivity contribution in [2.24, 2.45) is 5.41 Å². The zero-order valence-corrected chi connectivity index (χ0v) is 16.3. The van der Waals surface area contributed by atoms with E-state index in [1.165, 1.54) is 39.2 Å². The lowest BCUT2D eigenvalue weighted by Gasteiger charge is -2.23. The molecule has 0 aromatic heterocycles. The van der Waals surface area contributed by atoms with Crippen molar-refractivity contribution >= 4 is 40.8 Å². The van der Waals surface area contributed by atoms with Gasteiger partial charge in [-0.25, -0.2) is 4.79 Å². The van der Waals surface area contributed by atoms with E-state index in [0.717, 1.165) is 5.56 Å². The van der Waals surface area contributed by atoms with E-state index in [0.29, 0.717) is 5.69 Å². The highest BCUT2D eigenvalue weighted by Crippen LogP contribution is 2.27. The van der Waals surface area contributed by atoms with E-state index in [4.69, 9.17) is 11.6 Å². The minimum absolute atomic E-state index is 0.223. The van der Waals surface area contributed by atoms with Crippen LogP contribution in [0.2, 0.25) is 5.02 Å². The predicted octanol–water partition coefficient (Wildman–Crippen LogP) is 4.04. The Labute approximate surface area is 162 Å². The van der Waals surface area contributed by atoms with Gasteiger partial charge in [-0.15, -0.1) is 0 Å². The lowest BCUT2D eigenvalue weighted by Crippen LogP contribution is -2.41. The molecule has 2 amide bonds. The Kier molecular flexibility index (Phi) is 6.23. The van der Waals surface area contributed by atoms with E-state index in [1.54, 1.807) is 12.1 Å². The number of nitrogens with one attached hydrogen (secondary N) is 2. The molecule has 7 heteroatoms. The first-order valence-corrected chi connectivity index (χ1v) is 8.60. The number of aryl methyl sites for hydroxylation is 1. The van der Waals surface area contributed by atoms with Gasteiger partial charge in [0.1, 0.15) is 5.41 Å². The van der Waals surface area contributed by atoms with E-state index in [2.05, 4.69) is 15.4 Å². The molecule has 2 aromatic rings.